The number of carbonyl (C=O) groups excluding carboxylic acids is 2. The third kappa shape index (κ3) is 5.23. The van der Waals surface area contributed by atoms with Crippen molar-refractivity contribution in [3.63, 3.8) is 0 Å². The highest BCUT2D eigenvalue weighted by Crippen LogP contribution is 2.15. The molecule has 1 amide bonds. The molecule has 2 aromatic rings. The predicted octanol–water partition coefficient (Wildman–Crippen LogP) is 3.61. The SMILES string of the molecule is O=C(COC(=O)c1ccc(Cl)cc1F)NCc1ccc(Cl)cc1. The third-order valence-corrected chi connectivity index (χ3v) is 3.38. The van der Waals surface area contributed by atoms with Crippen molar-refractivity contribution in [2.24, 2.45) is 0 Å². The average molecular weight is 356 g/mol. The minimum absolute atomic E-state index is 0.166. The van der Waals surface area contributed by atoms with Gasteiger partial charge in [0.1, 0.15) is 5.82 Å². The maximum Gasteiger partial charge on any atom is 0.341 e. The minimum Gasteiger partial charge on any atom is -0.452 e. The second-order valence-corrected chi connectivity index (χ2v) is 5.48. The molecule has 4 nitrogen and oxygen atoms in total. The van der Waals surface area contributed by atoms with Crippen LogP contribution in [0.4, 0.5) is 4.39 Å². The molecule has 7 heteroatoms. The normalized spacial score (nSPS) is 10.2. The number of halogens is 3. The molecule has 120 valence electrons. The van der Waals surface area contributed by atoms with E-state index in [1.807, 2.05) is 0 Å². The lowest BCUT2D eigenvalue weighted by molar-refractivity contribution is -0.124. The number of benzene rings is 2. The Morgan fingerprint density at radius 2 is 1.70 bits per heavy atom. The Morgan fingerprint density at radius 1 is 1.04 bits per heavy atom. The van der Waals surface area contributed by atoms with Crippen molar-refractivity contribution in [1.82, 2.24) is 5.32 Å². The molecule has 0 bridgehead atoms. The predicted molar refractivity (Wildman–Crippen MR) is 85.0 cm³/mol. The zero-order valence-corrected chi connectivity index (χ0v) is 13.3. The molecule has 0 radical (unpaired) electrons. The second-order valence-electron chi connectivity index (χ2n) is 4.60. The Morgan fingerprint density at radius 3 is 2.35 bits per heavy atom. The Bertz CT molecular complexity index is 720. The van der Waals surface area contributed by atoms with Gasteiger partial charge in [0.25, 0.3) is 5.91 Å². The third-order valence-electron chi connectivity index (χ3n) is 2.89. The van der Waals surface area contributed by atoms with Gasteiger partial charge in [-0.3, -0.25) is 4.79 Å². The minimum atomic E-state index is -0.930. The van der Waals surface area contributed by atoms with E-state index in [2.05, 4.69) is 5.32 Å². The summed E-state index contributed by atoms with van der Waals surface area (Å²) in [6, 6.07) is 10.5. The quantitative estimate of drug-likeness (QED) is 0.833. The van der Waals surface area contributed by atoms with Crippen molar-refractivity contribution in [3.05, 3.63) is 69.5 Å². The lowest BCUT2D eigenvalue weighted by Gasteiger charge is -2.07. The van der Waals surface area contributed by atoms with Crippen LogP contribution < -0.4 is 5.32 Å². The van der Waals surface area contributed by atoms with E-state index in [1.54, 1.807) is 24.3 Å². The number of hydrogen-bond donors (Lipinski definition) is 1. The highest BCUT2D eigenvalue weighted by molar-refractivity contribution is 6.30. The zero-order chi connectivity index (χ0) is 16.8. The Labute approximate surface area is 142 Å². The maximum absolute atomic E-state index is 13.5. The summed E-state index contributed by atoms with van der Waals surface area (Å²) in [5.41, 5.74) is 0.567. The van der Waals surface area contributed by atoms with E-state index in [9.17, 15) is 14.0 Å². The summed E-state index contributed by atoms with van der Waals surface area (Å²) in [6.07, 6.45) is 0. The Kier molecular flexibility index (Phi) is 5.96. The molecule has 0 unspecified atom stereocenters. The van der Waals surface area contributed by atoms with Gasteiger partial charge in [-0.25, -0.2) is 9.18 Å². The van der Waals surface area contributed by atoms with Crippen LogP contribution in [0.5, 0.6) is 0 Å². The number of nitrogens with one attached hydrogen (secondary N) is 1. The van der Waals surface area contributed by atoms with E-state index in [-0.39, 0.29) is 17.1 Å². The molecule has 0 aliphatic heterocycles. The zero-order valence-electron chi connectivity index (χ0n) is 11.8. The van der Waals surface area contributed by atoms with Crippen LogP contribution in [-0.4, -0.2) is 18.5 Å². The van der Waals surface area contributed by atoms with Crippen LogP contribution in [0, 0.1) is 5.82 Å². The van der Waals surface area contributed by atoms with E-state index < -0.39 is 24.3 Å². The van der Waals surface area contributed by atoms with E-state index in [0.29, 0.717) is 5.02 Å². The summed E-state index contributed by atoms with van der Waals surface area (Å²) in [4.78, 5) is 23.3. The molecule has 0 aliphatic carbocycles. The second kappa shape index (κ2) is 7.94. The van der Waals surface area contributed by atoms with Gasteiger partial charge in [0.05, 0.1) is 5.56 Å². The first-order chi connectivity index (χ1) is 11.0. The summed E-state index contributed by atoms with van der Waals surface area (Å²) < 4.78 is 18.3. The van der Waals surface area contributed by atoms with E-state index in [1.165, 1.54) is 12.1 Å². The van der Waals surface area contributed by atoms with Crippen molar-refractivity contribution in [3.8, 4) is 0 Å². The number of carbonyl (C=O) groups is 2. The molecule has 0 atom stereocenters. The molecular weight excluding hydrogens is 344 g/mol. The first-order valence-corrected chi connectivity index (χ1v) is 7.34. The van der Waals surface area contributed by atoms with Crippen molar-refractivity contribution >= 4 is 35.1 Å². The monoisotopic (exact) mass is 355 g/mol. The van der Waals surface area contributed by atoms with E-state index in [0.717, 1.165) is 11.6 Å². The van der Waals surface area contributed by atoms with Crippen molar-refractivity contribution < 1.29 is 18.7 Å². The number of amides is 1. The molecule has 23 heavy (non-hydrogen) atoms. The van der Waals surface area contributed by atoms with E-state index >= 15 is 0 Å². The highest BCUT2D eigenvalue weighted by atomic mass is 35.5. The van der Waals surface area contributed by atoms with Gasteiger partial charge in [-0.05, 0) is 35.9 Å². The summed E-state index contributed by atoms with van der Waals surface area (Å²) in [5, 5.41) is 3.34. The summed E-state index contributed by atoms with van der Waals surface area (Å²) in [5.74, 6) is -2.23. The van der Waals surface area contributed by atoms with Crippen molar-refractivity contribution in [1.29, 1.82) is 0 Å². The first kappa shape index (κ1) is 17.2. The Balaban J connectivity index is 1.81. The average Bonchev–Trinajstić information content (AvgIpc) is 2.52. The van der Waals surface area contributed by atoms with E-state index in [4.69, 9.17) is 27.9 Å². The van der Waals surface area contributed by atoms with Gasteiger partial charge < -0.3 is 10.1 Å². The van der Waals surface area contributed by atoms with Crippen LogP contribution in [0.15, 0.2) is 42.5 Å². The molecule has 0 heterocycles. The molecule has 0 aromatic heterocycles. The molecule has 0 aliphatic rings. The molecule has 0 spiro atoms. The van der Waals surface area contributed by atoms with Crippen LogP contribution in [0.25, 0.3) is 0 Å². The summed E-state index contributed by atoms with van der Waals surface area (Å²) in [7, 11) is 0. The van der Waals surface area contributed by atoms with Crippen LogP contribution in [0.2, 0.25) is 10.0 Å². The highest BCUT2D eigenvalue weighted by Gasteiger charge is 2.15. The molecule has 0 saturated carbocycles. The van der Waals surface area contributed by atoms with Gasteiger partial charge in [0.2, 0.25) is 0 Å². The molecule has 2 aromatic carbocycles. The molecule has 0 saturated heterocycles. The van der Waals surface area contributed by atoms with Gasteiger partial charge in [-0.15, -0.1) is 0 Å². The van der Waals surface area contributed by atoms with Crippen LogP contribution >= 0.6 is 23.2 Å². The first-order valence-electron chi connectivity index (χ1n) is 6.59. The van der Waals surface area contributed by atoms with Crippen LogP contribution in [0.3, 0.4) is 0 Å². The number of ether oxygens (including phenoxy) is 1. The van der Waals surface area contributed by atoms with Gasteiger partial charge in [-0.2, -0.15) is 0 Å². The lowest BCUT2D eigenvalue weighted by atomic mass is 10.2. The van der Waals surface area contributed by atoms with Gasteiger partial charge in [0.15, 0.2) is 6.61 Å². The van der Waals surface area contributed by atoms with Crippen LogP contribution in [-0.2, 0) is 16.1 Å². The molecule has 1 N–H and O–H groups in total. The molecular formula is C16H12Cl2FNO3. The number of rotatable bonds is 5. The fraction of sp³-hybridized carbons (Fsp3) is 0.125. The smallest absolute Gasteiger partial charge is 0.341 e. The van der Waals surface area contributed by atoms with Crippen molar-refractivity contribution in [2.45, 2.75) is 6.54 Å². The standard InChI is InChI=1S/C16H12Cl2FNO3/c17-11-3-1-10(2-4-11)8-20-15(21)9-23-16(22)13-6-5-12(18)7-14(13)19/h1-7H,8-9H2,(H,20,21). The van der Waals surface area contributed by atoms with Gasteiger partial charge in [0, 0.05) is 16.6 Å². The number of esters is 1. The molecule has 2 rings (SSSR count). The largest absolute Gasteiger partial charge is 0.452 e. The maximum atomic E-state index is 13.5. The van der Waals surface area contributed by atoms with Gasteiger partial charge in [-0.1, -0.05) is 35.3 Å². The number of hydrogen-bond acceptors (Lipinski definition) is 3. The molecule has 0 fully saturated rings. The lowest BCUT2D eigenvalue weighted by Crippen LogP contribution is -2.28. The Hall–Kier alpha value is -2.11. The summed E-state index contributed by atoms with van der Waals surface area (Å²) >= 11 is 11.3. The fourth-order valence-corrected chi connectivity index (χ4v) is 2.00. The van der Waals surface area contributed by atoms with Crippen LogP contribution in [0.1, 0.15) is 15.9 Å². The topological polar surface area (TPSA) is 55.4 Å². The van der Waals surface area contributed by atoms with Crippen molar-refractivity contribution in [2.75, 3.05) is 6.61 Å². The fourth-order valence-electron chi connectivity index (χ4n) is 1.72. The summed E-state index contributed by atoms with van der Waals surface area (Å²) in [6.45, 7) is -0.239. The van der Waals surface area contributed by atoms with Gasteiger partial charge >= 0.3 is 5.97 Å².